The Morgan fingerprint density at radius 3 is 2.21 bits per heavy atom. The number of hydrogen-bond acceptors (Lipinski definition) is 8. The predicted molar refractivity (Wildman–Crippen MR) is 186 cm³/mol. The highest BCUT2D eigenvalue weighted by Crippen LogP contribution is 2.43. The molecular formula is C37H49F2N7O6. The number of nitrogens with zero attached hydrogens (tertiary/aromatic N) is 3. The second-order valence-corrected chi connectivity index (χ2v) is 15.0. The number of likely N-dealkylation sites (tertiary alicyclic amines) is 1. The second kappa shape index (κ2) is 17.1. The summed E-state index contributed by atoms with van der Waals surface area (Å²) in [7, 11) is 0. The van der Waals surface area contributed by atoms with Crippen LogP contribution in [0.25, 0.3) is 0 Å². The summed E-state index contributed by atoms with van der Waals surface area (Å²) in [5.41, 5.74) is -0.170. The zero-order chi connectivity index (χ0) is 38.3. The monoisotopic (exact) mass is 725 g/mol. The number of aromatic nitrogens is 2. The lowest BCUT2D eigenvalue weighted by atomic mass is 9.85. The molecule has 1 saturated heterocycles. The molecule has 4 N–H and O–H groups in total. The fraction of sp³-hybridized carbons (Fsp3) is 0.568. The number of rotatable bonds is 14. The molecule has 0 spiro atoms. The first-order valence-corrected chi connectivity index (χ1v) is 17.7. The van der Waals surface area contributed by atoms with Gasteiger partial charge in [-0.05, 0) is 48.5 Å². The largest absolute Gasteiger partial charge is 0.344 e. The Labute approximate surface area is 302 Å². The number of benzene rings is 1. The van der Waals surface area contributed by atoms with Gasteiger partial charge in [-0.15, -0.1) is 0 Å². The molecule has 2 unspecified atom stereocenters. The maximum Gasteiger partial charge on any atom is 0.290 e. The number of Topliss-reactive ketones (excluding diaryl/α,β-unsaturated/α-hetero) is 1. The zero-order valence-corrected chi connectivity index (χ0v) is 30.4. The fourth-order valence-electron chi connectivity index (χ4n) is 7.00. The fourth-order valence-corrected chi connectivity index (χ4v) is 7.00. The van der Waals surface area contributed by atoms with Gasteiger partial charge < -0.3 is 26.2 Å². The standard InChI is InChI=1S/C37H49F2N7O6/c1-20(2)28(44-32(48)26-18-40-15-16-41-26)33(49)45-31(37(4,5)6)36(52)46-19-23-13-10-14-24(23)29(46)34(50)43-25(17-27(38)39)30(47)35(51)42-21(3)22-11-8-7-9-12-22/h7-9,11-12,15-16,18,20-21,23-25,27-29,31H,10,13-14,17,19H2,1-6H3,(H,42,51)(H,43,50)(H,44,48)(H,45,49)/t21-,23-,24-,25?,28+,29?,31+/m0/s1. The third-order valence-electron chi connectivity index (χ3n) is 9.79. The van der Waals surface area contributed by atoms with E-state index in [1.807, 2.05) is 0 Å². The summed E-state index contributed by atoms with van der Waals surface area (Å²) in [4.78, 5) is 90.5. The Kier molecular flexibility index (Phi) is 13.2. The van der Waals surface area contributed by atoms with Crippen LogP contribution in [0.5, 0.6) is 0 Å². The molecule has 1 aliphatic carbocycles. The van der Waals surface area contributed by atoms with Gasteiger partial charge in [-0.25, -0.2) is 13.8 Å². The summed E-state index contributed by atoms with van der Waals surface area (Å²) in [6.07, 6.45) is 2.02. The molecule has 1 aliphatic heterocycles. The molecule has 2 aliphatic rings. The first kappa shape index (κ1) is 40.0. The average molecular weight is 726 g/mol. The number of amides is 5. The molecule has 0 radical (unpaired) electrons. The van der Waals surface area contributed by atoms with Gasteiger partial charge in [0.2, 0.25) is 29.9 Å². The molecule has 1 saturated carbocycles. The summed E-state index contributed by atoms with van der Waals surface area (Å²) in [5.74, 6) is -5.75. The number of halogens is 2. The maximum absolute atomic E-state index is 14.4. The molecule has 2 fully saturated rings. The van der Waals surface area contributed by atoms with Crippen LogP contribution >= 0.6 is 0 Å². The van der Waals surface area contributed by atoms with E-state index in [1.54, 1.807) is 71.9 Å². The van der Waals surface area contributed by atoms with Gasteiger partial charge in [0.05, 0.1) is 12.2 Å². The van der Waals surface area contributed by atoms with Crippen molar-refractivity contribution in [2.75, 3.05) is 6.54 Å². The van der Waals surface area contributed by atoms with E-state index in [2.05, 4.69) is 31.2 Å². The lowest BCUT2D eigenvalue weighted by molar-refractivity contribution is -0.146. The van der Waals surface area contributed by atoms with Crippen molar-refractivity contribution in [3.63, 3.8) is 0 Å². The van der Waals surface area contributed by atoms with Gasteiger partial charge in [0, 0.05) is 25.4 Å². The van der Waals surface area contributed by atoms with Crippen molar-refractivity contribution in [3.8, 4) is 0 Å². The van der Waals surface area contributed by atoms with Gasteiger partial charge in [-0.1, -0.05) is 71.4 Å². The number of carbonyl (C=O) groups excluding carboxylic acids is 6. The number of nitrogens with one attached hydrogen (secondary N) is 4. The van der Waals surface area contributed by atoms with Gasteiger partial charge >= 0.3 is 0 Å². The van der Waals surface area contributed by atoms with Gasteiger partial charge in [0.15, 0.2) is 0 Å². The minimum absolute atomic E-state index is 0.00803. The van der Waals surface area contributed by atoms with Crippen molar-refractivity contribution in [1.82, 2.24) is 36.1 Å². The predicted octanol–water partition coefficient (Wildman–Crippen LogP) is 2.98. The molecule has 1 aromatic heterocycles. The van der Waals surface area contributed by atoms with E-state index in [4.69, 9.17) is 0 Å². The molecule has 1 aromatic carbocycles. The third-order valence-corrected chi connectivity index (χ3v) is 9.79. The first-order valence-electron chi connectivity index (χ1n) is 17.7. The number of fused-ring (bicyclic) bond motifs is 1. The Balaban J connectivity index is 1.54. The van der Waals surface area contributed by atoms with E-state index in [9.17, 15) is 37.5 Å². The van der Waals surface area contributed by atoms with E-state index in [0.29, 0.717) is 12.0 Å². The van der Waals surface area contributed by atoms with Crippen LogP contribution in [0.15, 0.2) is 48.9 Å². The Bertz CT molecular complexity index is 1600. The lowest BCUT2D eigenvalue weighted by Gasteiger charge is -2.37. The summed E-state index contributed by atoms with van der Waals surface area (Å²) in [6.45, 7) is 10.5. The molecule has 0 bridgehead atoms. The van der Waals surface area contributed by atoms with Crippen LogP contribution in [0.3, 0.4) is 0 Å². The summed E-state index contributed by atoms with van der Waals surface area (Å²) < 4.78 is 27.5. The number of carbonyl (C=O) groups is 6. The minimum atomic E-state index is -3.02. The molecule has 2 aromatic rings. The van der Waals surface area contributed by atoms with Gasteiger partial charge in [-0.2, -0.15) is 0 Å². The number of alkyl halides is 2. The van der Waals surface area contributed by atoms with E-state index in [0.717, 1.165) is 12.8 Å². The van der Waals surface area contributed by atoms with Crippen molar-refractivity contribution in [2.45, 2.75) is 104 Å². The average Bonchev–Trinajstić information content (AvgIpc) is 3.70. The molecular weight excluding hydrogens is 676 g/mol. The quantitative estimate of drug-likeness (QED) is 0.215. The topological polar surface area (TPSA) is 180 Å². The zero-order valence-electron chi connectivity index (χ0n) is 30.4. The normalized spacial score (nSPS) is 20.7. The highest BCUT2D eigenvalue weighted by atomic mass is 19.3. The Morgan fingerprint density at radius 1 is 0.923 bits per heavy atom. The van der Waals surface area contributed by atoms with Crippen molar-refractivity contribution in [1.29, 1.82) is 0 Å². The summed E-state index contributed by atoms with van der Waals surface area (Å²) in [6, 6.07) is 2.98. The van der Waals surface area contributed by atoms with Crippen LogP contribution in [-0.2, 0) is 24.0 Å². The summed E-state index contributed by atoms with van der Waals surface area (Å²) >= 11 is 0. The van der Waals surface area contributed by atoms with Gasteiger partial charge in [0.1, 0.15) is 29.9 Å². The molecule has 282 valence electrons. The maximum atomic E-state index is 14.4. The van der Waals surface area contributed by atoms with Gasteiger partial charge in [0.25, 0.3) is 11.8 Å². The van der Waals surface area contributed by atoms with E-state index in [1.165, 1.54) is 23.5 Å². The Hall–Kier alpha value is -4.82. The van der Waals surface area contributed by atoms with Crippen LogP contribution < -0.4 is 21.3 Å². The number of ketones is 1. The number of hydrogen-bond donors (Lipinski definition) is 4. The van der Waals surface area contributed by atoms with Gasteiger partial charge in [-0.3, -0.25) is 33.8 Å². The smallest absolute Gasteiger partial charge is 0.290 e. The van der Waals surface area contributed by atoms with Crippen molar-refractivity contribution >= 4 is 35.3 Å². The van der Waals surface area contributed by atoms with Crippen LogP contribution in [0, 0.1) is 23.2 Å². The van der Waals surface area contributed by atoms with Crippen LogP contribution in [0.4, 0.5) is 8.78 Å². The molecule has 15 heteroatoms. The molecule has 2 heterocycles. The van der Waals surface area contributed by atoms with E-state index in [-0.39, 0.29) is 24.1 Å². The molecule has 7 atom stereocenters. The second-order valence-electron chi connectivity index (χ2n) is 15.0. The van der Waals surface area contributed by atoms with E-state index >= 15 is 0 Å². The molecule has 52 heavy (non-hydrogen) atoms. The highest BCUT2D eigenvalue weighted by Gasteiger charge is 2.52. The van der Waals surface area contributed by atoms with E-state index < -0.39 is 89.7 Å². The van der Waals surface area contributed by atoms with Crippen LogP contribution in [0.2, 0.25) is 0 Å². The van der Waals surface area contributed by atoms with Crippen LogP contribution in [0.1, 0.15) is 89.3 Å². The lowest BCUT2D eigenvalue weighted by Crippen LogP contribution is -2.62. The first-order chi connectivity index (χ1) is 24.5. The van der Waals surface area contributed by atoms with Crippen molar-refractivity contribution < 1.29 is 37.5 Å². The summed E-state index contributed by atoms with van der Waals surface area (Å²) in [5, 5.41) is 10.4. The Morgan fingerprint density at radius 2 is 1.62 bits per heavy atom. The SMILES string of the molecule is CC(C)[C@@H](NC(=O)c1cnccn1)C(=O)N[C@H](C(=O)N1C[C@@H]2CCC[C@@H]2C1C(=O)NC(CC(F)F)C(=O)C(=O)N[C@@H](C)c1ccccc1)C(C)(C)C. The van der Waals surface area contributed by atoms with Crippen molar-refractivity contribution in [2.24, 2.45) is 23.2 Å². The van der Waals surface area contributed by atoms with Crippen molar-refractivity contribution in [3.05, 3.63) is 60.2 Å². The molecule has 13 nitrogen and oxygen atoms in total. The molecule has 5 amide bonds. The third kappa shape index (κ3) is 9.73. The van der Waals surface area contributed by atoms with Crippen LogP contribution in [-0.4, -0.2) is 87.3 Å². The molecule has 4 rings (SSSR count). The highest BCUT2D eigenvalue weighted by molar-refractivity contribution is 6.38. The minimum Gasteiger partial charge on any atom is -0.344 e.